The Morgan fingerprint density at radius 2 is 1.38 bits per heavy atom. The van der Waals surface area contributed by atoms with Crippen molar-refractivity contribution in [3.63, 3.8) is 0 Å². The minimum atomic E-state index is -1.53. The molecular weight excluding hydrogens is 393 g/mol. The summed E-state index contributed by atoms with van der Waals surface area (Å²) < 4.78 is 5.54. The molecule has 0 bridgehead atoms. The van der Waals surface area contributed by atoms with E-state index in [2.05, 4.69) is 93.5 Å². The molecule has 1 rings (SSSR count). The SMILES string of the molecule is [CH2-][P+](c1ccc(OCC)cc1)(C(C)(C)C)C(C)(C)C.[Cl][Pd+]. The average molecular weight is 422 g/mol. The second-order valence-electron chi connectivity index (χ2n) is 7.08. The van der Waals surface area contributed by atoms with Gasteiger partial charge in [-0.3, -0.25) is 0 Å². The average Bonchev–Trinajstić information content (AvgIpc) is 2.39. The molecule has 1 aromatic carbocycles. The first-order chi connectivity index (χ1) is 9.54. The number of rotatable bonds is 3. The van der Waals surface area contributed by atoms with Gasteiger partial charge in [0.15, 0.2) is 0 Å². The van der Waals surface area contributed by atoms with E-state index in [1.54, 1.807) is 0 Å². The Labute approximate surface area is 146 Å². The van der Waals surface area contributed by atoms with Crippen molar-refractivity contribution in [3.8, 4) is 5.75 Å². The maximum atomic E-state index is 5.54. The number of halogens is 1. The molecule has 0 amide bonds. The normalized spacial score (nSPS) is 12.5. The molecular formula is C17H29ClOPPd+. The third-order valence-corrected chi connectivity index (χ3v) is 9.64. The summed E-state index contributed by atoms with van der Waals surface area (Å²) in [5, 5.41) is 1.77. The molecule has 0 aliphatic rings. The molecule has 0 aromatic heterocycles. The molecule has 1 aromatic rings. The molecule has 21 heavy (non-hydrogen) atoms. The third-order valence-electron chi connectivity index (χ3n) is 3.88. The molecule has 0 N–H and O–H groups in total. The second kappa shape index (κ2) is 8.31. The van der Waals surface area contributed by atoms with Gasteiger partial charge in [-0.05, 0) is 72.7 Å². The monoisotopic (exact) mass is 421 g/mol. The summed E-state index contributed by atoms with van der Waals surface area (Å²) in [5.41, 5.74) is 0. The maximum absolute atomic E-state index is 5.54. The molecule has 0 spiro atoms. The van der Waals surface area contributed by atoms with E-state index in [1.807, 2.05) is 6.92 Å². The Bertz CT molecular complexity index is 404. The van der Waals surface area contributed by atoms with Crippen LogP contribution < -0.4 is 10.0 Å². The topological polar surface area (TPSA) is 9.23 Å². The fourth-order valence-electron chi connectivity index (χ4n) is 2.74. The van der Waals surface area contributed by atoms with Crippen molar-refractivity contribution in [1.82, 2.24) is 0 Å². The van der Waals surface area contributed by atoms with Crippen LogP contribution >= 0.6 is 16.8 Å². The van der Waals surface area contributed by atoms with E-state index in [1.165, 1.54) is 5.30 Å². The van der Waals surface area contributed by atoms with Gasteiger partial charge in [0, 0.05) is 0 Å². The Hall–Kier alpha value is 0.402. The van der Waals surface area contributed by atoms with E-state index in [-0.39, 0.29) is 10.3 Å². The zero-order chi connectivity index (χ0) is 16.9. The number of benzene rings is 1. The standard InChI is InChI=1S/C17H29OP.ClH.Pd/c1-9-18-14-10-12-15(13-11-14)19(8,16(2,3)4)17(5,6)7;;/h10-13H,8-9H2,1-7H3;1H;/q;;+2/p-1. The number of hydrogen-bond donors (Lipinski definition) is 0. The van der Waals surface area contributed by atoms with Crippen molar-refractivity contribution in [1.29, 1.82) is 0 Å². The summed E-state index contributed by atoms with van der Waals surface area (Å²) in [6.07, 6.45) is 0. The Balaban J connectivity index is 0.00000191. The Kier molecular flexibility index (Phi) is 8.47. The van der Waals surface area contributed by atoms with Crippen molar-refractivity contribution < 1.29 is 22.9 Å². The van der Waals surface area contributed by atoms with Crippen molar-refractivity contribution >= 4 is 22.1 Å². The summed E-state index contributed by atoms with van der Waals surface area (Å²) >= 11 is 2.22. The molecule has 0 unspecified atom stereocenters. The third kappa shape index (κ3) is 4.94. The van der Waals surface area contributed by atoms with Crippen LogP contribution in [0, 0.1) is 6.66 Å². The molecule has 0 fully saturated rings. The molecule has 0 saturated heterocycles. The molecule has 0 atom stereocenters. The van der Waals surface area contributed by atoms with Crippen LogP contribution in [0.15, 0.2) is 24.3 Å². The minimum absolute atomic E-state index is 0.193. The van der Waals surface area contributed by atoms with Crippen molar-refractivity contribution in [2.24, 2.45) is 0 Å². The molecule has 0 aliphatic carbocycles. The van der Waals surface area contributed by atoms with Crippen molar-refractivity contribution in [2.45, 2.75) is 58.8 Å². The second-order valence-corrected chi connectivity index (χ2v) is 11.9. The van der Waals surface area contributed by atoms with Crippen LogP contribution in [0.2, 0.25) is 0 Å². The summed E-state index contributed by atoms with van der Waals surface area (Å²) in [4.78, 5) is 0. The van der Waals surface area contributed by atoms with Gasteiger partial charge in [-0.1, -0.05) is 7.26 Å². The summed E-state index contributed by atoms with van der Waals surface area (Å²) in [6, 6.07) is 8.58. The summed E-state index contributed by atoms with van der Waals surface area (Å²) in [6.45, 7) is 21.3. The van der Waals surface area contributed by atoms with Gasteiger partial charge >= 0.3 is 27.7 Å². The fourth-order valence-corrected chi connectivity index (χ4v) is 6.96. The van der Waals surface area contributed by atoms with Crippen LogP contribution in [0.4, 0.5) is 0 Å². The van der Waals surface area contributed by atoms with E-state index in [9.17, 15) is 0 Å². The van der Waals surface area contributed by atoms with Crippen LogP contribution in [-0.2, 0) is 18.2 Å². The van der Waals surface area contributed by atoms with Gasteiger partial charge in [-0.25, -0.2) is 0 Å². The zero-order valence-electron chi connectivity index (χ0n) is 14.3. The number of ether oxygens (including phenoxy) is 1. The Morgan fingerprint density at radius 3 is 1.67 bits per heavy atom. The first-order valence-electron chi connectivity index (χ1n) is 7.13. The van der Waals surface area contributed by atoms with E-state index >= 15 is 0 Å². The van der Waals surface area contributed by atoms with Crippen LogP contribution in [0.1, 0.15) is 48.5 Å². The summed E-state index contributed by atoms with van der Waals surface area (Å²) in [5.74, 6) is 0.945. The van der Waals surface area contributed by atoms with E-state index < -0.39 is 7.26 Å². The van der Waals surface area contributed by atoms with E-state index in [0.717, 1.165) is 5.75 Å². The van der Waals surface area contributed by atoms with Crippen LogP contribution in [0.5, 0.6) is 5.75 Å². The van der Waals surface area contributed by atoms with E-state index in [0.29, 0.717) is 6.61 Å². The van der Waals surface area contributed by atoms with Crippen molar-refractivity contribution in [3.05, 3.63) is 30.9 Å². The van der Waals surface area contributed by atoms with Crippen molar-refractivity contribution in [2.75, 3.05) is 6.61 Å². The molecule has 124 valence electrons. The van der Waals surface area contributed by atoms with Gasteiger partial charge in [0.2, 0.25) is 0 Å². The molecule has 1 nitrogen and oxygen atoms in total. The first kappa shape index (κ1) is 21.4. The first-order valence-corrected chi connectivity index (χ1v) is 11.1. The van der Waals surface area contributed by atoms with Gasteiger partial charge < -0.3 is 4.74 Å². The predicted octanol–water partition coefficient (Wildman–Crippen LogP) is 5.80. The molecule has 0 heterocycles. The number of hydrogen-bond acceptors (Lipinski definition) is 1. The molecule has 0 aliphatic heterocycles. The van der Waals surface area contributed by atoms with Gasteiger partial charge in [0.25, 0.3) is 0 Å². The predicted molar refractivity (Wildman–Crippen MR) is 94.9 cm³/mol. The zero-order valence-corrected chi connectivity index (χ0v) is 17.5. The van der Waals surface area contributed by atoms with Crippen LogP contribution in [-0.4, -0.2) is 16.9 Å². The van der Waals surface area contributed by atoms with E-state index in [4.69, 9.17) is 11.4 Å². The van der Waals surface area contributed by atoms with Gasteiger partial charge in [0.05, 0.1) is 22.2 Å². The Morgan fingerprint density at radius 1 is 1.00 bits per heavy atom. The van der Waals surface area contributed by atoms with Gasteiger partial charge in [-0.2, -0.15) is 6.66 Å². The fraction of sp³-hybridized carbons (Fsp3) is 0.588. The van der Waals surface area contributed by atoms with Gasteiger partial charge in [0.1, 0.15) is 5.75 Å². The summed E-state index contributed by atoms with van der Waals surface area (Å²) in [7, 11) is 2.96. The van der Waals surface area contributed by atoms with Crippen LogP contribution in [0.25, 0.3) is 0 Å². The molecule has 0 saturated carbocycles. The molecule has 0 radical (unpaired) electrons. The molecule has 4 heteroatoms. The van der Waals surface area contributed by atoms with Crippen LogP contribution in [0.3, 0.4) is 0 Å². The quantitative estimate of drug-likeness (QED) is 0.340. The van der Waals surface area contributed by atoms with Gasteiger partial charge in [-0.15, -0.1) is 0 Å².